The SMILES string of the molecule is Cc1nn(CCC(N)CO)cc1Cl. The predicted molar refractivity (Wildman–Crippen MR) is 51.7 cm³/mol. The molecule has 0 bridgehead atoms. The number of aryl methyl sites for hydroxylation is 2. The van der Waals surface area contributed by atoms with E-state index in [1.54, 1.807) is 10.9 Å². The van der Waals surface area contributed by atoms with Gasteiger partial charge in [-0.2, -0.15) is 5.10 Å². The molecule has 0 aliphatic rings. The number of nitrogens with two attached hydrogens (primary N) is 1. The van der Waals surface area contributed by atoms with Crippen LogP contribution in [0.15, 0.2) is 6.20 Å². The molecular weight excluding hydrogens is 190 g/mol. The molecule has 0 saturated carbocycles. The van der Waals surface area contributed by atoms with Crippen molar-refractivity contribution in [3.63, 3.8) is 0 Å². The lowest BCUT2D eigenvalue weighted by atomic mass is 10.2. The second-order valence-corrected chi connectivity index (χ2v) is 3.46. The third-order valence-corrected chi connectivity index (χ3v) is 2.22. The molecule has 0 aliphatic carbocycles. The van der Waals surface area contributed by atoms with Crippen LogP contribution in [-0.4, -0.2) is 27.5 Å². The van der Waals surface area contributed by atoms with Gasteiger partial charge in [0.1, 0.15) is 0 Å². The fourth-order valence-electron chi connectivity index (χ4n) is 0.997. The van der Waals surface area contributed by atoms with Crippen molar-refractivity contribution in [2.45, 2.75) is 25.9 Å². The normalized spacial score (nSPS) is 13.2. The highest BCUT2D eigenvalue weighted by Gasteiger charge is 2.04. The molecule has 0 fully saturated rings. The van der Waals surface area contributed by atoms with Gasteiger partial charge in [-0.25, -0.2) is 0 Å². The highest BCUT2D eigenvalue weighted by molar-refractivity contribution is 6.31. The van der Waals surface area contributed by atoms with Gasteiger partial charge in [-0.05, 0) is 13.3 Å². The number of rotatable bonds is 4. The number of aromatic nitrogens is 2. The van der Waals surface area contributed by atoms with E-state index in [1.807, 2.05) is 6.92 Å². The maximum atomic E-state index is 8.69. The number of hydrogen-bond donors (Lipinski definition) is 2. The topological polar surface area (TPSA) is 64.1 Å². The van der Waals surface area contributed by atoms with Gasteiger partial charge in [-0.15, -0.1) is 0 Å². The Balaban J connectivity index is 2.45. The van der Waals surface area contributed by atoms with Crippen LogP contribution in [-0.2, 0) is 6.54 Å². The molecule has 1 atom stereocenters. The van der Waals surface area contributed by atoms with Crippen LogP contribution in [0.2, 0.25) is 5.02 Å². The summed E-state index contributed by atoms with van der Waals surface area (Å²) in [5.41, 5.74) is 6.36. The van der Waals surface area contributed by atoms with Crippen molar-refractivity contribution in [1.82, 2.24) is 9.78 Å². The minimum absolute atomic E-state index is 0.00792. The molecule has 0 saturated heterocycles. The minimum atomic E-state index is -0.178. The summed E-state index contributed by atoms with van der Waals surface area (Å²) in [5, 5.41) is 13.5. The van der Waals surface area contributed by atoms with E-state index in [2.05, 4.69) is 5.10 Å². The Bertz CT molecular complexity index is 255. The van der Waals surface area contributed by atoms with Crippen LogP contribution in [0.25, 0.3) is 0 Å². The van der Waals surface area contributed by atoms with E-state index in [0.717, 1.165) is 5.69 Å². The third-order valence-electron chi connectivity index (χ3n) is 1.85. The first-order chi connectivity index (χ1) is 6.13. The Labute approximate surface area is 82.3 Å². The van der Waals surface area contributed by atoms with Crippen LogP contribution in [0.4, 0.5) is 0 Å². The lowest BCUT2D eigenvalue weighted by Gasteiger charge is -2.06. The number of aliphatic hydroxyl groups excluding tert-OH is 1. The average Bonchev–Trinajstić information content (AvgIpc) is 2.42. The highest BCUT2D eigenvalue weighted by Crippen LogP contribution is 2.12. The van der Waals surface area contributed by atoms with E-state index in [4.69, 9.17) is 22.4 Å². The summed E-state index contributed by atoms with van der Waals surface area (Å²) in [5.74, 6) is 0. The maximum Gasteiger partial charge on any atom is 0.0814 e. The predicted octanol–water partition coefficient (Wildman–Crippen LogP) is 0.555. The summed E-state index contributed by atoms with van der Waals surface area (Å²) in [6.07, 6.45) is 2.47. The van der Waals surface area contributed by atoms with E-state index in [0.29, 0.717) is 18.0 Å². The molecule has 4 nitrogen and oxygen atoms in total. The maximum absolute atomic E-state index is 8.69. The summed E-state index contributed by atoms with van der Waals surface area (Å²) in [4.78, 5) is 0. The zero-order chi connectivity index (χ0) is 9.84. The van der Waals surface area contributed by atoms with Crippen LogP contribution >= 0.6 is 11.6 Å². The fraction of sp³-hybridized carbons (Fsp3) is 0.625. The molecule has 3 N–H and O–H groups in total. The molecule has 1 heterocycles. The zero-order valence-electron chi connectivity index (χ0n) is 7.57. The molecule has 5 heteroatoms. The third kappa shape index (κ3) is 2.99. The number of nitrogens with zero attached hydrogens (tertiary/aromatic N) is 2. The lowest BCUT2D eigenvalue weighted by molar-refractivity contribution is 0.255. The summed E-state index contributed by atoms with van der Waals surface area (Å²) in [6, 6.07) is -0.178. The van der Waals surface area contributed by atoms with E-state index < -0.39 is 0 Å². The van der Waals surface area contributed by atoms with Gasteiger partial charge in [-0.3, -0.25) is 4.68 Å². The van der Waals surface area contributed by atoms with Gasteiger partial charge in [-0.1, -0.05) is 11.6 Å². The fourth-order valence-corrected chi connectivity index (χ4v) is 1.15. The zero-order valence-corrected chi connectivity index (χ0v) is 8.33. The Kier molecular flexibility index (Phi) is 3.71. The smallest absolute Gasteiger partial charge is 0.0814 e. The van der Waals surface area contributed by atoms with Gasteiger partial charge >= 0.3 is 0 Å². The van der Waals surface area contributed by atoms with Crippen molar-refractivity contribution >= 4 is 11.6 Å². The molecule has 74 valence electrons. The van der Waals surface area contributed by atoms with Crippen molar-refractivity contribution in [2.24, 2.45) is 5.73 Å². The van der Waals surface area contributed by atoms with E-state index in [-0.39, 0.29) is 12.6 Å². The van der Waals surface area contributed by atoms with Gasteiger partial charge < -0.3 is 10.8 Å². The number of aliphatic hydroxyl groups is 1. The average molecular weight is 204 g/mol. The molecule has 1 rings (SSSR count). The monoisotopic (exact) mass is 203 g/mol. The molecule has 1 aromatic heterocycles. The molecule has 1 aromatic rings. The van der Waals surface area contributed by atoms with Gasteiger partial charge in [0.2, 0.25) is 0 Å². The highest BCUT2D eigenvalue weighted by atomic mass is 35.5. The van der Waals surface area contributed by atoms with Gasteiger partial charge in [0.25, 0.3) is 0 Å². The summed E-state index contributed by atoms with van der Waals surface area (Å²) < 4.78 is 1.74. The van der Waals surface area contributed by atoms with Crippen molar-refractivity contribution in [3.05, 3.63) is 16.9 Å². The molecule has 0 spiro atoms. The van der Waals surface area contributed by atoms with Crippen LogP contribution < -0.4 is 5.73 Å². The Hall–Kier alpha value is -0.580. The quantitative estimate of drug-likeness (QED) is 0.752. The van der Waals surface area contributed by atoms with Crippen LogP contribution in [0.3, 0.4) is 0 Å². The Morgan fingerprint density at radius 2 is 2.46 bits per heavy atom. The largest absolute Gasteiger partial charge is 0.395 e. The van der Waals surface area contributed by atoms with Crippen LogP contribution in [0, 0.1) is 6.92 Å². The summed E-state index contributed by atoms with van der Waals surface area (Å²) in [6.45, 7) is 2.55. The van der Waals surface area contributed by atoms with Gasteiger partial charge in [0.05, 0.1) is 17.3 Å². The first-order valence-electron chi connectivity index (χ1n) is 4.19. The molecule has 13 heavy (non-hydrogen) atoms. The number of hydrogen-bond acceptors (Lipinski definition) is 3. The Morgan fingerprint density at radius 1 is 1.77 bits per heavy atom. The molecule has 0 amide bonds. The summed E-state index contributed by atoms with van der Waals surface area (Å²) in [7, 11) is 0. The second-order valence-electron chi connectivity index (χ2n) is 3.06. The lowest BCUT2D eigenvalue weighted by Crippen LogP contribution is -2.25. The molecule has 0 aliphatic heterocycles. The molecule has 0 aromatic carbocycles. The van der Waals surface area contributed by atoms with Crippen molar-refractivity contribution in [3.8, 4) is 0 Å². The van der Waals surface area contributed by atoms with Gasteiger partial charge in [0, 0.05) is 18.8 Å². The first-order valence-corrected chi connectivity index (χ1v) is 4.57. The van der Waals surface area contributed by atoms with Crippen molar-refractivity contribution in [1.29, 1.82) is 0 Å². The van der Waals surface area contributed by atoms with Crippen LogP contribution in [0.1, 0.15) is 12.1 Å². The van der Waals surface area contributed by atoms with Crippen molar-refractivity contribution in [2.75, 3.05) is 6.61 Å². The molecular formula is C8H14ClN3O. The van der Waals surface area contributed by atoms with E-state index >= 15 is 0 Å². The van der Waals surface area contributed by atoms with Gasteiger partial charge in [0.15, 0.2) is 0 Å². The summed E-state index contributed by atoms with van der Waals surface area (Å²) >= 11 is 5.81. The molecule has 0 radical (unpaired) electrons. The van der Waals surface area contributed by atoms with Crippen molar-refractivity contribution < 1.29 is 5.11 Å². The minimum Gasteiger partial charge on any atom is -0.395 e. The standard InChI is InChI=1S/C8H14ClN3O/c1-6-8(9)4-12(11-6)3-2-7(10)5-13/h4,7,13H,2-3,5,10H2,1H3. The van der Waals surface area contributed by atoms with E-state index in [9.17, 15) is 0 Å². The number of halogens is 1. The molecule has 1 unspecified atom stereocenters. The van der Waals surface area contributed by atoms with E-state index in [1.165, 1.54) is 0 Å². The first kappa shape index (κ1) is 10.5. The Morgan fingerprint density at radius 3 is 2.92 bits per heavy atom. The second kappa shape index (κ2) is 4.60. The van der Waals surface area contributed by atoms with Crippen LogP contribution in [0.5, 0.6) is 0 Å².